The van der Waals surface area contributed by atoms with Gasteiger partial charge in [0, 0.05) is 18.5 Å². The van der Waals surface area contributed by atoms with Crippen molar-refractivity contribution in [1.82, 2.24) is 15.1 Å². The molecule has 108 valence electrons. The molecule has 2 heterocycles. The first-order chi connectivity index (χ1) is 9.13. The summed E-state index contributed by atoms with van der Waals surface area (Å²) in [5.74, 6) is -0.00498. The lowest BCUT2D eigenvalue weighted by Crippen LogP contribution is -2.34. The number of hydrogen-bond acceptors (Lipinski definition) is 3. The Labute approximate surface area is 123 Å². The van der Waals surface area contributed by atoms with Crippen molar-refractivity contribution in [3.8, 4) is 0 Å². The topological polar surface area (TPSA) is 75.0 Å². The number of halogens is 1. The van der Waals surface area contributed by atoms with E-state index in [0.29, 0.717) is 18.8 Å². The summed E-state index contributed by atoms with van der Waals surface area (Å²) >= 11 is 0. The van der Waals surface area contributed by atoms with Gasteiger partial charge in [0.25, 0.3) is 5.91 Å². The van der Waals surface area contributed by atoms with Gasteiger partial charge in [-0.25, -0.2) is 0 Å². The van der Waals surface area contributed by atoms with Crippen molar-refractivity contribution in [2.75, 3.05) is 19.6 Å². The van der Waals surface area contributed by atoms with Crippen molar-refractivity contribution >= 4 is 29.2 Å². The Bertz CT molecular complexity index is 626. The number of amides is 1. The summed E-state index contributed by atoms with van der Waals surface area (Å²) in [4.78, 5) is 14.4. The summed E-state index contributed by atoms with van der Waals surface area (Å²) < 4.78 is 0. The highest BCUT2D eigenvalue weighted by molar-refractivity contribution is 6.04. The van der Waals surface area contributed by atoms with Crippen LogP contribution in [0.25, 0.3) is 10.9 Å². The number of H-pyrrole nitrogens is 1. The number of aromatic amines is 1. The quantitative estimate of drug-likeness (QED) is 0.887. The van der Waals surface area contributed by atoms with Gasteiger partial charge in [-0.1, -0.05) is 25.1 Å². The zero-order valence-corrected chi connectivity index (χ0v) is 12.2. The Morgan fingerprint density at radius 1 is 1.50 bits per heavy atom. The fraction of sp³-hybridized carbons (Fsp3) is 0.429. The first kappa shape index (κ1) is 14.8. The third-order valence-electron chi connectivity index (χ3n) is 4.01. The van der Waals surface area contributed by atoms with E-state index in [0.717, 1.165) is 23.9 Å². The molecule has 1 unspecified atom stereocenters. The van der Waals surface area contributed by atoms with Crippen LogP contribution in [0, 0.1) is 5.41 Å². The summed E-state index contributed by atoms with van der Waals surface area (Å²) in [5, 5.41) is 7.95. The Morgan fingerprint density at radius 3 is 2.95 bits per heavy atom. The highest BCUT2D eigenvalue weighted by Crippen LogP contribution is 2.30. The molecule has 1 saturated heterocycles. The molecule has 1 aliphatic rings. The van der Waals surface area contributed by atoms with Gasteiger partial charge in [0.2, 0.25) is 0 Å². The third kappa shape index (κ3) is 2.39. The molecule has 0 radical (unpaired) electrons. The average molecular weight is 295 g/mol. The highest BCUT2D eigenvalue weighted by atomic mass is 35.5. The third-order valence-corrected chi connectivity index (χ3v) is 4.01. The van der Waals surface area contributed by atoms with Crippen LogP contribution in [-0.4, -0.2) is 40.6 Å². The van der Waals surface area contributed by atoms with Gasteiger partial charge in [0.1, 0.15) is 0 Å². The minimum absolute atomic E-state index is 0. The predicted molar refractivity (Wildman–Crippen MR) is 81.0 cm³/mol. The predicted octanol–water partition coefficient (Wildman–Crippen LogP) is 1.80. The van der Waals surface area contributed by atoms with E-state index in [2.05, 4.69) is 17.1 Å². The molecule has 0 bridgehead atoms. The lowest BCUT2D eigenvalue weighted by molar-refractivity contribution is 0.0773. The van der Waals surface area contributed by atoms with Crippen LogP contribution in [-0.2, 0) is 0 Å². The average Bonchev–Trinajstić information content (AvgIpc) is 3.03. The van der Waals surface area contributed by atoms with Crippen molar-refractivity contribution < 1.29 is 4.79 Å². The molecule has 3 N–H and O–H groups in total. The van der Waals surface area contributed by atoms with E-state index in [1.807, 2.05) is 29.2 Å². The van der Waals surface area contributed by atoms with Crippen molar-refractivity contribution in [2.24, 2.45) is 11.1 Å². The van der Waals surface area contributed by atoms with Gasteiger partial charge < -0.3 is 10.6 Å². The van der Waals surface area contributed by atoms with Crippen LogP contribution < -0.4 is 5.73 Å². The van der Waals surface area contributed by atoms with Crippen LogP contribution >= 0.6 is 12.4 Å². The molecule has 20 heavy (non-hydrogen) atoms. The molecule has 5 nitrogen and oxygen atoms in total. The maximum absolute atomic E-state index is 12.5. The van der Waals surface area contributed by atoms with Gasteiger partial charge in [0.05, 0.1) is 5.52 Å². The smallest absolute Gasteiger partial charge is 0.275 e. The standard InChI is InChI=1S/C14H18N4O.ClH/c1-14(8-15)6-7-18(9-14)13(19)12-10-4-2-3-5-11(10)16-17-12;/h2-5H,6-9,15H2,1H3,(H,16,17);1H. The van der Waals surface area contributed by atoms with Gasteiger partial charge in [-0.3, -0.25) is 9.89 Å². The molecule has 1 aromatic heterocycles. The van der Waals surface area contributed by atoms with E-state index in [1.165, 1.54) is 0 Å². The van der Waals surface area contributed by atoms with Gasteiger partial charge in [0.15, 0.2) is 5.69 Å². The van der Waals surface area contributed by atoms with Crippen LogP contribution in [0.2, 0.25) is 0 Å². The van der Waals surface area contributed by atoms with Crippen LogP contribution in [0.5, 0.6) is 0 Å². The molecular formula is C14H19ClN4O. The molecule has 0 saturated carbocycles. The number of likely N-dealkylation sites (tertiary alicyclic amines) is 1. The normalized spacial score (nSPS) is 22.0. The molecule has 0 aliphatic carbocycles. The second-order valence-electron chi connectivity index (χ2n) is 5.61. The number of nitrogens with two attached hydrogens (primary N) is 1. The lowest BCUT2D eigenvalue weighted by atomic mass is 9.90. The van der Waals surface area contributed by atoms with Gasteiger partial charge >= 0.3 is 0 Å². The van der Waals surface area contributed by atoms with Gasteiger partial charge in [-0.2, -0.15) is 5.10 Å². The van der Waals surface area contributed by atoms with E-state index in [4.69, 9.17) is 5.73 Å². The Morgan fingerprint density at radius 2 is 2.25 bits per heavy atom. The van der Waals surface area contributed by atoms with Gasteiger partial charge in [-0.05, 0) is 24.4 Å². The molecule has 1 fully saturated rings. The summed E-state index contributed by atoms with van der Waals surface area (Å²) in [7, 11) is 0. The number of rotatable bonds is 2. The molecule has 2 aromatic rings. The summed E-state index contributed by atoms with van der Waals surface area (Å²) in [5.41, 5.74) is 7.23. The van der Waals surface area contributed by atoms with E-state index >= 15 is 0 Å². The zero-order valence-electron chi connectivity index (χ0n) is 11.4. The van der Waals surface area contributed by atoms with E-state index in [-0.39, 0.29) is 23.7 Å². The Balaban J connectivity index is 0.00000147. The molecule has 6 heteroatoms. The zero-order chi connectivity index (χ0) is 13.5. The van der Waals surface area contributed by atoms with E-state index in [9.17, 15) is 4.79 Å². The second kappa shape index (κ2) is 5.42. The van der Waals surface area contributed by atoms with Crippen molar-refractivity contribution in [3.63, 3.8) is 0 Å². The minimum atomic E-state index is -0.00498. The second-order valence-corrected chi connectivity index (χ2v) is 5.61. The molecule has 1 aromatic carbocycles. The first-order valence-corrected chi connectivity index (χ1v) is 6.55. The fourth-order valence-corrected chi connectivity index (χ4v) is 2.64. The summed E-state index contributed by atoms with van der Waals surface area (Å²) in [6.07, 6.45) is 0.956. The monoisotopic (exact) mass is 294 g/mol. The SMILES string of the molecule is CC1(CN)CCN(C(=O)c2n[nH]c3ccccc23)C1.Cl. The molecule has 0 spiro atoms. The number of hydrogen-bond donors (Lipinski definition) is 2. The van der Waals surface area contributed by atoms with Crippen molar-refractivity contribution in [2.45, 2.75) is 13.3 Å². The Hall–Kier alpha value is -1.59. The lowest BCUT2D eigenvalue weighted by Gasteiger charge is -2.22. The number of nitrogens with one attached hydrogen (secondary N) is 1. The van der Waals surface area contributed by atoms with Crippen LogP contribution in [0.4, 0.5) is 0 Å². The minimum Gasteiger partial charge on any atom is -0.337 e. The van der Waals surface area contributed by atoms with Gasteiger partial charge in [-0.15, -0.1) is 12.4 Å². The Kier molecular flexibility index (Phi) is 4.01. The number of aromatic nitrogens is 2. The van der Waals surface area contributed by atoms with Crippen molar-refractivity contribution in [3.05, 3.63) is 30.0 Å². The van der Waals surface area contributed by atoms with E-state index in [1.54, 1.807) is 0 Å². The van der Waals surface area contributed by atoms with Crippen molar-refractivity contribution in [1.29, 1.82) is 0 Å². The molecular weight excluding hydrogens is 276 g/mol. The number of fused-ring (bicyclic) bond motifs is 1. The fourth-order valence-electron chi connectivity index (χ4n) is 2.64. The number of nitrogens with zero attached hydrogens (tertiary/aromatic N) is 2. The van der Waals surface area contributed by atoms with Crippen LogP contribution in [0.15, 0.2) is 24.3 Å². The number of carbonyl (C=O) groups is 1. The largest absolute Gasteiger partial charge is 0.337 e. The highest BCUT2D eigenvalue weighted by Gasteiger charge is 2.36. The molecule has 1 aliphatic heterocycles. The summed E-state index contributed by atoms with van der Waals surface area (Å²) in [6, 6.07) is 7.69. The first-order valence-electron chi connectivity index (χ1n) is 6.55. The maximum Gasteiger partial charge on any atom is 0.275 e. The summed E-state index contributed by atoms with van der Waals surface area (Å²) in [6.45, 7) is 4.21. The number of para-hydroxylation sites is 1. The molecule has 1 atom stereocenters. The molecule has 3 rings (SSSR count). The number of carbonyl (C=O) groups excluding carboxylic acids is 1. The van der Waals surface area contributed by atoms with Crippen LogP contribution in [0.3, 0.4) is 0 Å². The van der Waals surface area contributed by atoms with Crippen LogP contribution in [0.1, 0.15) is 23.8 Å². The maximum atomic E-state index is 12.5. The van der Waals surface area contributed by atoms with E-state index < -0.39 is 0 Å². The molecule has 1 amide bonds. The number of benzene rings is 1.